The lowest BCUT2D eigenvalue weighted by molar-refractivity contribution is 0.451. The molecule has 2 heterocycles. The Balaban J connectivity index is 2.21. The Hall–Kier alpha value is -1.33. The molecule has 0 radical (unpaired) electrons. The van der Waals surface area contributed by atoms with Crippen LogP contribution in [0.1, 0.15) is 29.9 Å². The summed E-state index contributed by atoms with van der Waals surface area (Å²) in [6.07, 6.45) is 6.13. The summed E-state index contributed by atoms with van der Waals surface area (Å²) in [4.78, 5) is 8.35. The van der Waals surface area contributed by atoms with Crippen molar-refractivity contribution in [3.05, 3.63) is 42.0 Å². The molecular weight excluding hydrogens is 246 g/mol. The van der Waals surface area contributed by atoms with E-state index >= 15 is 0 Å². The fourth-order valence-corrected chi connectivity index (χ4v) is 2.84. The number of pyridine rings is 1. The van der Waals surface area contributed by atoms with Crippen LogP contribution in [0.4, 0.5) is 0 Å². The van der Waals surface area contributed by atoms with Gasteiger partial charge in [-0.05, 0) is 31.0 Å². The van der Waals surface area contributed by atoms with E-state index < -0.39 is 0 Å². The van der Waals surface area contributed by atoms with Crippen LogP contribution in [0.5, 0.6) is 0 Å². The van der Waals surface area contributed by atoms with Gasteiger partial charge in [-0.1, -0.05) is 18.7 Å². The smallest absolute Gasteiger partial charge is 0.256 e. The van der Waals surface area contributed by atoms with Crippen LogP contribution in [0.25, 0.3) is 0 Å². The van der Waals surface area contributed by atoms with Gasteiger partial charge < -0.3 is 10.2 Å². The van der Waals surface area contributed by atoms with Crippen LogP contribution in [0.15, 0.2) is 40.4 Å². The van der Waals surface area contributed by atoms with Crippen molar-refractivity contribution in [3.63, 3.8) is 0 Å². The average molecular weight is 263 g/mol. The minimum absolute atomic E-state index is 0.0598. The lowest BCUT2D eigenvalue weighted by Gasteiger charge is -2.21. The number of rotatable bonds is 5. The first-order valence-corrected chi connectivity index (χ1v) is 6.83. The quantitative estimate of drug-likeness (QED) is 0.840. The second-order valence-corrected chi connectivity index (χ2v) is 5.24. The minimum atomic E-state index is 0.0598. The summed E-state index contributed by atoms with van der Waals surface area (Å²) in [6, 6.07) is 4.04. The van der Waals surface area contributed by atoms with E-state index in [1.54, 1.807) is 30.4 Å². The molecule has 2 atom stereocenters. The summed E-state index contributed by atoms with van der Waals surface area (Å²) in [5.74, 6) is 0. The normalized spacial score (nSPS) is 14.4. The van der Waals surface area contributed by atoms with Gasteiger partial charge in [-0.25, -0.2) is 4.98 Å². The molecule has 0 fully saturated rings. The van der Waals surface area contributed by atoms with Crippen LogP contribution in [0.3, 0.4) is 0 Å². The van der Waals surface area contributed by atoms with E-state index in [4.69, 9.17) is 10.2 Å². The number of aryl methyl sites for hydroxylation is 1. The Morgan fingerprint density at radius 2 is 2.11 bits per heavy atom. The van der Waals surface area contributed by atoms with Crippen molar-refractivity contribution in [2.75, 3.05) is 0 Å². The maximum absolute atomic E-state index is 6.19. The van der Waals surface area contributed by atoms with E-state index in [9.17, 15) is 0 Å². The van der Waals surface area contributed by atoms with E-state index in [1.165, 1.54) is 0 Å². The molecular formula is C13H17N3OS. The monoisotopic (exact) mass is 263 g/mol. The number of nitrogens with zero attached hydrogens (tertiary/aromatic N) is 2. The van der Waals surface area contributed by atoms with Gasteiger partial charge in [0.2, 0.25) is 0 Å². The van der Waals surface area contributed by atoms with Crippen LogP contribution in [0, 0.1) is 6.92 Å². The van der Waals surface area contributed by atoms with Crippen molar-refractivity contribution in [1.82, 2.24) is 9.97 Å². The third-order valence-electron chi connectivity index (χ3n) is 2.72. The van der Waals surface area contributed by atoms with E-state index in [0.29, 0.717) is 5.22 Å². The Morgan fingerprint density at radius 1 is 1.39 bits per heavy atom. The summed E-state index contributed by atoms with van der Waals surface area (Å²) < 4.78 is 5.39. The zero-order valence-electron chi connectivity index (χ0n) is 10.5. The van der Waals surface area contributed by atoms with Crippen LogP contribution in [0.2, 0.25) is 0 Å². The Morgan fingerprint density at radius 3 is 2.67 bits per heavy atom. The minimum Gasteiger partial charge on any atom is -0.440 e. The van der Waals surface area contributed by atoms with Crippen LogP contribution >= 0.6 is 11.8 Å². The fraction of sp³-hybridized carbons (Fsp3) is 0.385. The Labute approximate surface area is 111 Å². The van der Waals surface area contributed by atoms with Crippen LogP contribution in [-0.4, -0.2) is 16.0 Å². The van der Waals surface area contributed by atoms with Crippen molar-refractivity contribution in [2.24, 2.45) is 5.73 Å². The lowest BCUT2D eigenvalue weighted by Crippen LogP contribution is -2.25. The summed E-state index contributed by atoms with van der Waals surface area (Å²) >= 11 is 1.56. The predicted molar refractivity (Wildman–Crippen MR) is 72.3 cm³/mol. The van der Waals surface area contributed by atoms with E-state index in [1.807, 2.05) is 19.1 Å². The third kappa shape index (κ3) is 3.11. The molecule has 2 rings (SSSR count). The fourth-order valence-electron chi connectivity index (χ4n) is 1.66. The topological polar surface area (TPSA) is 64.9 Å². The van der Waals surface area contributed by atoms with Crippen molar-refractivity contribution < 1.29 is 4.42 Å². The second kappa shape index (κ2) is 6.02. The van der Waals surface area contributed by atoms with Crippen molar-refractivity contribution in [2.45, 2.75) is 36.8 Å². The molecule has 0 aliphatic rings. The zero-order valence-corrected chi connectivity index (χ0v) is 11.4. The largest absolute Gasteiger partial charge is 0.440 e. The van der Waals surface area contributed by atoms with Crippen LogP contribution < -0.4 is 5.73 Å². The summed E-state index contributed by atoms with van der Waals surface area (Å²) in [5, 5.41) is 0.800. The highest BCUT2D eigenvalue weighted by atomic mass is 32.2. The van der Waals surface area contributed by atoms with Gasteiger partial charge in [-0.3, -0.25) is 4.98 Å². The number of hydrogen-bond donors (Lipinski definition) is 1. The van der Waals surface area contributed by atoms with E-state index in [0.717, 1.165) is 17.7 Å². The number of aromatic nitrogens is 2. The van der Waals surface area contributed by atoms with Gasteiger partial charge in [0.25, 0.3) is 5.22 Å². The highest BCUT2D eigenvalue weighted by Crippen LogP contribution is 2.37. The molecule has 4 nitrogen and oxygen atoms in total. The second-order valence-electron chi connectivity index (χ2n) is 4.15. The molecule has 2 aromatic heterocycles. The van der Waals surface area contributed by atoms with Gasteiger partial charge in [0.05, 0.1) is 10.9 Å². The summed E-state index contributed by atoms with van der Waals surface area (Å²) in [7, 11) is 0. The molecule has 96 valence electrons. The van der Waals surface area contributed by atoms with Crippen LogP contribution in [-0.2, 0) is 0 Å². The summed E-state index contributed by atoms with van der Waals surface area (Å²) in [6.45, 7) is 4.00. The standard InChI is InChI=1S/C13H17N3OS/c1-3-11(14)12(10-4-6-15-7-5-10)18-13-16-9(2)8-17-13/h4-8,11-12H,3,14H2,1-2H3. The third-order valence-corrected chi connectivity index (χ3v) is 3.99. The molecule has 5 heteroatoms. The molecule has 2 N–H and O–H groups in total. The van der Waals surface area contributed by atoms with E-state index in [-0.39, 0.29) is 11.3 Å². The Bertz CT molecular complexity index is 486. The highest BCUT2D eigenvalue weighted by Gasteiger charge is 2.22. The van der Waals surface area contributed by atoms with Crippen molar-refractivity contribution >= 4 is 11.8 Å². The maximum atomic E-state index is 6.19. The first-order valence-electron chi connectivity index (χ1n) is 5.95. The molecule has 0 aliphatic carbocycles. The molecule has 0 bridgehead atoms. The summed E-state index contributed by atoms with van der Waals surface area (Å²) in [5.41, 5.74) is 8.23. The molecule has 0 saturated heterocycles. The molecule has 18 heavy (non-hydrogen) atoms. The molecule has 0 amide bonds. The lowest BCUT2D eigenvalue weighted by atomic mass is 10.1. The Kier molecular flexibility index (Phi) is 4.38. The van der Waals surface area contributed by atoms with Gasteiger partial charge in [0.15, 0.2) is 0 Å². The zero-order chi connectivity index (χ0) is 13.0. The predicted octanol–water partition coefficient (Wildman–Crippen LogP) is 2.95. The highest BCUT2D eigenvalue weighted by molar-refractivity contribution is 7.99. The first kappa shape index (κ1) is 13.1. The SMILES string of the molecule is CCC(N)C(Sc1nc(C)co1)c1ccncc1. The number of oxazole rings is 1. The number of hydrogen-bond acceptors (Lipinski definition) is 5. The number of thioether (sulfide) groups is 1. The van der Waals surface area contributed by atoms with Gasteiger partial charge in [0, 0.05) is 18.4 Å². The molecule has 0 saturated carbocycles. The van der Waals surface area contributed by atoms with Crippen molar-refractivity contribution in [3.8, 4) is 0 Å². The molecule has 2 aromatic rings. The molecule has 2 unspecified atom stereocenters. The van der Waals surface area contributed by atoms with Gasteiger partial charge in [-0.15, -0.1) is 0 Å². The van der Waals surface area contributed by atoms with Gasteiger partial charge in [-0.2, -0.15) is 0 Å². The maximum Gasteiger partial charge on any atom is 0.256 e. The first-order chi connectivity index (χ1) is 8.70. The number of nitrogens with two attached hydrogens (primary N) is 1. The average Bonchev–Trinajstić information content (AvgIpc) is 2.82. The molecule has 0 aliphatic heterocycles. The van der Waals surface area contributed by atoms with E-state index in [2.05, 4.69) is 16.9 Å². The molecule has 0 aromatic carbocycles. The van der Waals surface area contributed by atoms with Gasteiger partial charge in [0.1, 0.15) is 6.26 Å². The molecule has 0 spiro atoms. The van der Waals surface area contributed by atoms with Gasteiger partial charge >= 0.3 is 0 Å². The van der Waals surface area contributed by atoms with Crippen molar-refractivity contribution in [1.29, 1.82) is 0 Å².